The molecule has 0 saturated carbocycles. The molecule has 7 heteroatoms. The summed E-state index contributed by atoms with van der Waals surface area (Å²) in [7, 11) is 1.95. The first kappa shape index (κ1) is 23.0. The van der Waals surface area contributed by atoms with E-state index < -0.39 is 17.8 Å². The minimum atomic E-state index is -2.40. The number of esters is 1. The quantitative estimate of drug-likeness (QED) is 0.641. The standard InChI is InChI=1S/C24H30F2N2O3/c1-6-31-23(30)17-13-28-18(12-19(17)29)22(27(5)14-20(28)24(2,3)4)16-9-7-8-15(10-16)11-21(25)26/h7-9,12-13,20-21H,6,10-11,14H2,1-5H3/b22-16-. The Morgan fingerprint density at radius 1 is 1.32 bits per heavy atom. The van der Waals surface area contributed by atoms with Crippen molar-refractivity contribution < 1.29 is 18.3 Å². The molecular weight excluding hydrogens is 402 g/mol. The van der Waals surface area contributed by atoms with Gasteiger partial charge in [-0.05, 0) is 24.3 Å². The molecule has 3 rings (SSSR count). The largest absolute Gasteiger partial charge is 0.462 e. The molecule has 31 heavy (non-hydrogen) atoms. The van der Waals surface area contributed by atoms with Crippen molar-refractivity contribution in [2.75, 3.05) is 20.2 Å². The smallest absolute Gasteiger partial charge is 0.343 e. The van der Waals surface area contributed by atoms with Crippen LogP contribution < -0.4 is 5.43 Å². The van der Waals surface area contributed by atoms with Crippen LogP contribution in [0.4, 0.5) is 8.78 Å². The summed E-state index contributed by atoms with van der Waals surface area (Å²) in [5.41, 5.74) is 2.49. The second kappa shape index (κ2) is 8.81. The molecule has 1 aromatic heterocycles. The van der Waals surface area contributed by atoms with Gasteiger partial charge in [0.1, 0.15) is 5.56 Å². The van der Waals surface area contributed by atoms with Gasteiger partial charge in [-0.1, -0.05) is 44.6 Å². The molecule has 1 atom stereocenters. The summed E-state index contributed by atoms with van der Waals surface area (Å²) >= 11 is 0. The van der Waals surface area contributed by atoms with Crippen LogP contribution in [0.25, 0.3) is 5.70 Å². The Morgan fingerprint density at radius 3 is 2.65 bits per heavy atom. The number of hydrogen-bond donors (Lipinski definition) is 0. The highest BCUT2D eigenvalue weighted by Crippen LogP contribution is 2.41. The van der Waals surface area contributed by atoms with Gasteiger partial charge in [0, 0.05) is 32.3 Å². The minimum absolute atomic E-state index is 0.00530. The third-order valence-electron chi connectivity index (χ3n) is 5.75. The Balaban J connectivity index is 2.18. The molecule has 168 valence electrons. The molecule has 0 bridgehead atoms. The average Bonchev–Trinajstić information content (AvgIpc) is 2.66. The van der Waals surface area contributed by atoms with E-state index in [2.05, 4.69) is 25.7 Å². The van der Waals surface area contributed by atoms with Gasteiger partial charge in [0.15, 0.2) is 5.43 Å². The minimum Gasteiger partial charge on any atom is -0.462 e. The summed E-state index contributed by atoms with van der Waals surface area (Å²) in [4.78, 5) is 27.3. The van der Waals surface area contributed by atoms with Crippen LogP contribution in [0, 0.1) is 5.41 Å². The summed E-state index contributed by atoms with van der Waals surface area (Å²) in [6.45, 7) is 8.87. The highest BCUT2D eigenvalue weighted by Gasteiger charge is 2.36. The van der Waals surface area contributed by atoms with Gasteiger partial charge in [-0.25, -0.2) is 13.6 Å². The number of carbonyl (C=O) groups excluding carboxylic acids is 1. The van der Waals surface area contributed by atoms with Crippen LogP contribution in [0.15, 0.2) is 46.4 Å². The van der Waals surface area contributed by atoms with Gasteiger partial charge in [-0.15, -0.1) is 0 Å². The van der Waals surface area contributed by atoms with Crippen molar-refractivity contribution in [3.63, 3.8) is 0 Å². The van der Waals surface area contributed by atoms with Gasteiger partial charge >= 0.3 is 5.97 Å². The molecule has 0 saturated heterocycles. The molecule has 0 N–H and O–H groups in total. The van der Waals surface area contributed by atoms with Crippen LogP contribution in [0.3, 0.4) is 0 Å². The molecule has 0 aromatic carbocycles. The van der Waals surface area contributed by atoms with E-state index in [-0.39, 0.29) is 30.0 Å². The lowest BCUT2D eigenvalue weighted by atomic mass is 9.83. The fraction of sp³-hybridized carbons (Fsp3) is 0.500. The predicted molar refractivity (Wildman–Crippen MR) is 117 cm³/mol. The van der Waals surface area contributed by atoms with Crippen molar-refractivity contribution in [3.05, 3.63) is 63.1 Å². The first-order chi connectivity index (χ1) is 14.5. The number of likely N-dealkylation sites (N-methyl/N-ethyl adjacent to an activating group) is 1. The fourth-order valence-electron chi connectivity index (χ4n) is 4.26. The van der Waals surface area contributed by atoms with Crippen LogP contribution in [-0.4, -0.2) is 42.1 Å². The van der Waals surface area contributed by atoms with E-state index in [4.69, 9.17) is 4.74 Å². The Morgan fingerprint density at radius 2 is 2.03 bits per heavy atom. The van der Waals surface area contributed by atoms with Crippen molar-refractivity contribution in [2.24, 2.45) is 5.41 Å². The monoisotopic (exact) mass is 432 g/mol. The number of alkyl halides is 2. The lowest BCUT2D eigenvalue weighted by Gasteiger charge is -2.44. The number of carbonyl (C=O) groups is 1. The van der Waals surface area contributed by atoms with Gasteiger partial charge in [0.2, 0.25) is 6.43 Å². The number of allylic oxidation sites excluding steroid dienone is 5. The van der Waals surface area contributed by atoms with E-state index in [1.54, 1.807) is 25.3 Å². The van der Waals surface area contributed by atoms with Gasteiger partial charge in [0.25, 0.3) is 0 Å². The molecule has 1 aliphatic heterocycles. The third kappa shape index (κ3) is 4.81. The van der Waals surface area contributed by atoms with E-state index in [1.807, 2.05) is 17.7 Å². The Hall–Kier alpha value is -2.70. The number of pyridine rings is 1. The van der Waals surface area contributed by atoms with Crippen molar-refractivity contribution >= 4 is 11.7 Å². The predicted octanol–water partition coefficient (Wildman–Crippen LogP) is 4.81. The second-order valence-corrected chi connectivity index (χ2v) is 9.16. The van der Waals surface area contributed by atoms with Gasteiger partial charge in [-0.2, -0.15) is 0 Å². The molecule has 1 aromatic rings. The number of rotatable bonds is 4. The Labute approximate surface area is 181 Å². The third-order valence-corrected chi connectivity index (χ3v) is 5.75. The van der Waals surface area contributed by atoms with Crippen LogP contribution in [-0.2, 0) is 4.74 Å². The molecule has 0 amide bonds. The molecule has 2 heterocycles. The van der Waals surface area contributed by atoms with E-state index in [9.17, 15) is 18.4 Å². The number of nitrogens with zero attached hydrogens (tertiary/aromatic N) is 2. The molecule has 5 nitrogen and oxygen atoms in total. The SMILES string of the molecule is CCOC(=O)c1cn2c(cc1=O)/C(=C1\C=CC=C(CC(F)F)C1)N(C)CC2C(C)(C)C. The number of aromatic nitrogens is 1. The highest BCUT2D eigenvalue weighted by atomic mass is 19.3. The summed E-state index contributed by atoms with van der Waals surface area (Å²) in [6.07, 6.45) is 4.74. The summed E-state index contributed by atoms with van der Waals surface area (Å²) in [6, 6.07) is 1.47. The molecule has 2 aliphatic rings. The topological polar surface area (TPSA) is 51.5 Å². The lowest BCUT2D eigenvalue weighted by molar-refractivity contribution is 0.0522. The second-order valence-electron chi connectivity index (χ2n) is 9.16. The van der Waals surface area contributed by atoms with Crippen molar-refractivity contribution in [2.45, 2.75) is 53.0 Å². The Bertz CT molecular complexity index is 1010. The van der Waals surface area contributed by atoms with Gasteiger partial charge in [0.05, 0.1) is 24.0 Å². The highest BCUT2D eigenvalue weighted by molar-refractivity contribution is 5.89. The first-order valence-electron chi connectivity index (χ1n) is 10.5. The maximum atomic E-state index is 12.9. The molecular formula is C24H30F2N2O3. The van der Waals surface area contributed by atoms with Crippen molar-refractivity contribution in [1.82, 2.24) is 9.47 Å². The summed E-state index contributed by atoms with van der Waals surface area (Å²) < 4.78 is 32.9. The van der Waals surface area contributed by atoms with Crippen LogP contribution in [0.1, 0.15) is 62.6 Å². The van der Waals surface area contributed by atoms with E-state index in [1.165, 1.54) is 6.07 Å². The zero-order valence-electron chi connectivity index (χ0n) is 18.7. The zero-order valence-corrected chi connectivity index (χ0v) is 18.7. The average molecular weight is 433 g/mol. The number of halogens is 2. The molecule has 1 unspecified atom stereocenters. The van der Waals surface area contributed by atoms with Crippen molar-refractivity contribution in [3.8, 4) is 0 Å². The van der Waals surface area contributed by atoms with Gasteiger partial charge < -0.3 is 14.2 Å². The molecule has 0 spiro atoms. The van der Waals surface area contributed by atoms with Crippen LogP contribution in [0.5, 0.6) is 0 Å². The fourth-order valence-corrected chi connectivity index (χ4v) is 4.26. The number of ether oxygens (including phenoxy) is 1. The van der Waals surface area contributed by atoms with Crippen molar-refractivity contribution in [1.29, 1.82) is 0 Å². The Kier molecular flexibility index (Phi) is 6.53. The first-order valence-corrected chi connectivity index (χ1v) is 10.5. The van der Waals surface area contributed by atoms with E-state index in [0.29, 0.717) is 24.2 Å². The maximum Gasteiger partial charge on any atom is 0.343 e. The van der Waals surface area contributed by atoms with Crippen LogP contribution >= 0.6 is 0 Å². The number of hydrogen-bond acceptors (Lipinski definition) is 4. The maximum absolute atomic E-state index is 12.9. The van der Waals surface area contributed by atoms with Gasteiger partial charge in [-0.3, -0.25) is 4.79 Å². The summed E-state index contributed by atoms with van der Waals surface area (Å²) in [5, 5.41) is 0. The summed E-state index contributed by atoms with van der Waals surface area (Å²) in [5.74, 6) is -0.636. The van der Waals surface area contributed by atoms with Crippen LogP contribution in [0.2, 0.25) is 0 Å². The van der Waals surface area contributed by atoms with E-state index >= 15 is 0 Å². The zero-order chi connectivity index (χ0) is 22.9. The number of fused-ring (bicyclic) bond motifs is 1. The normalized spacial score (nSPS) is 21.2. The molecule has 0 radical (unpaired) electrons. The molecule has 0 fully saturated rings. The van der Waals surface area contributed by atoms with E-state index in [0.717, 1.165) is 11.3 Å². The molecule has 1 aliphatic carbocycles. The lowest BCUT2D eigenvalue weighted by Crippen LogP contribution is -2.42.